The van der Waals surface area contributed by atoms with Gasteiger partial charge in [-0.15, -0.1) is 11.8 Å². The number of pyridine rings is 1. The second-order valence-electron chi connectivity index (χ2n) is 8.64. The summed E-state index contributed by atoms with van der Waals surface area (Å²) in [5.74, 6) is 0.915. The third-order valence-electron chi connectivity index (χ3n) is 6.70. The van der Waals surface area contributed by atoms with Crippen LogP contribution in [-0.2, 0) is 6.54 Å². The lowest BCUT2D eigenvalue weighted by Crippen LogP contribution is -2.51. The standard InChI is InChI=1S/C24H23FN6OS/c1-29-22(32)20-21(31-18-7-3-6-17(18)27-24(29)31)28-30(23(20)33-2)13-14-9-11-15(12-10-14)16-5-4-8-19(25)26-16/h4-5,8-12,17-18H,3,6-7,13H2,1-2H3/t17-,18?/m1/s1. The van der Waals surface area contributed by atoms with Crippen LogP contribution in [0, 0.1) is 5.95 Å². The Balaban J connectivity index is 1.35. The van der Waals surface area contributed by atoms with Gasteiger partial charge in [-0.2, -0.15) is 9.49 Å². The van der Waals surface area contributed by atoms with E-state index in [0.29, 0.717) is 17.8 Å². The van der Waals surface area contributed by atoms with Gasteiger partial charge in [-0.3, -0.25) is 19.3 Å². The first-order valence-electron chi connectivity index (χ1n) is 11.1. The summed E-state index contributed by atoms with van der Waals surface area (Å²) in [5.41, 5.74) is 3.16. The van der Waals surface area contributed by atoms with Crippen LogP contribution < -0.4 is 4.90 Å². The maximum atomic E-state index is 13.5. The van der Waals surface area contributed by atoms with Gasteiger partial charge in [0.15, 0.2) is 5.82 Å². The number of guanidine groups is 1. The van der Waals surface area contributed by atoms with Gasteiger partial charge < -0.3 is 0 Å². The highest BCUT2D eigenvalue weighted by atomic mass is 32.2. The molecule has 168 valence electrons. The molecule has 1 aromatic carbocycles. The van der Waals surface area contributed by atoms with Crippen LogP contribution in [-0.4, -0.2) is 56.9 Å². The number of fused-ring (bicyclic) bond motifs is 5. The van der Waals surface area contributed by atoms with Gasteiger partial charge >= 0.3 is 0 Å². The van der Waals surface area contributed by atoms with Crippen molar-refractivity contribution in [3.05, 3.63) is 59.5 Å². The summed E-state index contributed by atoms with van der Waals surface area (Å²) in [4.78, 5) is 25.9. The normalized spacial score (nSPS) is 21.2. The van der Waals surface area contributed by atoms with Gasteiger partial charge in [-0.1, -0.05) is 30.3 Å². The molecule has 33 heavy (non-hydrogen) atoms. The highest BCUT2D eigenvalue weighted by Crippen LogP contribution is 2.42. The maximum absolute atomic E-state index is 13.5. The van der Waals surface area contributed by atoms with Crippen LogP contribution in [0.1, 0.15) is 35.2 Å². The van der Waals surface area contributed by atoms with Crippen LogP contribution in [0.4, 0.5) is 10.2 Å². The van der Waals surface area contributed by atoms with Crippen molar-refractivity contribution >= 4 is 29.4 Å². The molecule has 6 rings (SSSR count). The molecule has 0 N–H and O–H groups in total. The molecule has 1 amide bonds. The molecule has 2 atom stereocenters. The van der Waals surface area contributed by atoms with E-state index >= 15 is 0 Å². The topological polar surface area (TPSA) is 66.6 Å². The van der Waals surface area contributed by atoms with Crippen molar-refractivity contribution < 1.29 is 9.18 Å². The number of carbonyl (C=O) groups is 1. The lowest BCUT2D eigenvalue weighted by molar-refractivity contribution is 0.0861. The Morgan fingerprint density at radius 3 is 2.73 bits per heavy atom. The van der Waals surface area contributed by atoms with Crippen LogP contribution in [0.15, 0.2) is 52.5 Å². The largest absolute Gasteiger partial charge is 0.289 e. The third-order valence-corrected chi connectivity index (χ3v) is 7.50. The van der Waals surface area contributed by atoms with Crippen molar-refractivity contribution in [1.29, 1.82) is 0 Å². The Labute approximate surface area is 195 Å². The monoisotopic (exact) mass is 462 g/mol. The molecule has 3 aromatic rings. The SMILES string of the molecule is CSc1c2c(nn1Cc1ccc(-c3cccc(F)n3)cc1)N1C(=N[C@@H]3CCCC31)N(C)C2=O. The van der Waals surface area contributed by atoms with Crippen molar-refractivity contribution in [2.24, 2.45) is 4.99 Å². The Kier molecular flexibility index (Phi) is 4.76. The van der Waals surface area contributed by atoms with Gasteiger partial charge in [-0.25, -0.2) is 9.98 Å². The van der Waals surface area contributed by atoms with Crippen molar-refractivity contribution in [2.75, 3.05) is 18.2 Å². The van der Waals surface area contributed by atoms with E-state index in [-0.39, 0.29) is 18.0 Å². The molecule has 4 heterocycles. The number of thioether (sulfide) groups is 1. The molecule has 2 aliphatic heterocycles. The molecule has 1 saturated carbocycles. The molecular weight excluding hydrogens is 439 g/mol. The number of rotatable bonds is 4. The minimum Gasteiger partial charge on any atom is -0.289 e. The fourth-order valence-electron chi connectivity index (χ4n) is 5.12. The van der Waals surface area contributed by atoms with Gasteiger partial charge in [0.05, 0.1) is 24.3 Å². The van der Waals surface area contributed by atoms with E-state index in [1.54, 1.807) is 24.1 Å². The van der Waals surface area contributed by atoms with E-state index in [0.717, 1.165) is 47.2 Å². The molecule has 1 aliphatic carbocycles. The highest BCUT2D eigenvalue weighted by Gasteiger charge is 2.49. The summed E-state index contributed by atoms with van der Waals surface area (Å²) in [5, 5.41) is 5.79. The van der Waals surface area contributed by atoms with Crippen LogP contribution >= 0.6 is 11.8 Å². The number of aliphatic imine (C=N–C) groups is 1. The summed E-state index contributed by atoms with van der Waals surface area (Å²) in [6, 6.07) is 13.2. The van der Waals surface area contributed by atoms with Gasteiger partial charge in [0.1, 0.15) is 10.6 Å². The molecule has 1 fully saturated rings. The second-order valence-corrected chi connectivity index (χ2v) is 9.43. The third kappa shape index (κ3) is 3.17. The first-order valence-corrected chi connectivity index (χ1v) is 12.3. The number of halogens is 1. The maximum Gasteiger partial charge on any atom is 0.266 e. The van der Waals surface area contributed by atoms with E-state index < -0.39 is 5.95 Å². The smallest absolute Gasteiger partial charge is 0.266 e. The molecule has 3 aliphatic rings. The number of aromatic nitrogens is 3. The van der Waals surface area contributed by atoms with Crippen LogP contribution in [0.5, 0.6) is 0 Å². The molecular formula is C24H23FN6OS. The second kappa shape index (κ2) is 7.69. The molecule has 2 aromatic heterocycles. The van der Waals surface area contributed by atoms with Gasteiger partial charge in [0, 0.05) is 12.6 Å². The van der Waals surface area contributed by atoms with Crippen LogP contribution in [0.3, 0.4) is 0 Å². The Hall–Kier alpha value is -3.20. The van der Waals surface area contributed by atoms with E-state index in [4.69, 9.17) is 10.1 Å². The van der Waals surface area contributed by atoms with Crippen LogP contribution in [0.25, 0.3) is 11.3 Å². The molecule has 9 heteroatoms. The zero-order valence-electron chi connectivity index (χ0n) is 18.4. The molecule has 0 radical (unpaired) electrons. The Morgan fingerprint density at radius 2 is 1.97 bits per heavy atom. The highest BCUT2D eigenvalue weighted by molar-refractivity contribution is 7.98. The van der Waals surface area contributed by atoms with Crippen molar-refractivity contribution in [3.63, 3.8) is 0 Å². The predicted molar refractivity (Wildman–Crippen MR) is 126 cm³/mol. The lowest BCUT2D eigenvalue weighted by Gasteiger charge is -2.34. The average molecular weight is 463 g/mol. The number of amides is 1. The minimum absolute atomic E-state index is 0.0527. The number of hydrogen-bond donors (Lipinski definition) is 0. The summed E-state index contributed by atoms with van der Waals surface area (Å²) < 4.78 is 15.4. The van der Waals surface area contributed by atoms with Gasteiger partial charge in [0.2, 0.25) is 11.9 Å². The number of hydrogen-bond acceptors (Lipinski definition) is 6. The zero-order valence-corrected chi connectivity index (χ0v) is 19.2. The summed E-state index contributed by atoms with van der Waals surface area (Å²) >= 11 is 1.54. The number of benzene rings is 1. The van der Waals surface area contributed by atoms with E-state index in [1.807, 2.05) is 35.2 Å². The Morgan fingerprint density at radius 1 is 1.15 bits per heavy atom. The quantitative estimate of drug-likeness (QED) is 0.433. The lowest BCUT2D eigenvalue weighted by atomic mass is 10.1. The minimum atomic E-state index is -0.493. The first kappa shape index (κ1) is 20.4. The molecule has 0 spiro atoms. The Bertz CT molecular complexity index is 1290. The van der Waals surface area contributed by atoms with Gasteiger partial charge in [-0.05, 0) is 43.2 Å². The number of nitrogens with zero attached hydrogens (tertiary/aromatic N) is 6. The van der Waals surface area contributed by atoms with Crippen molar-refractivity contribution in [1.82, 2.24) is 19.7 Å². The zero-order chi connectivity index (χ0) is 22.7. The molecule has 0 bridgehead atoms. The summed E-state index contributed by atoms with van der Waals surface area (Å²) in [6.07, 6.45) is 5.25. The predicted octanol–water partition coefficient (Wildman–Crippen LogP) is 4.04. The van der Waals surface area contributed by atoms with Crippen molar-refractivity contribution in [2.45, 2.75) is 42.9 Å². The number of carbonyl (C=O) groups excluding carboxylic acids is 1. The molecule has 0 saturated heterocycles. The van der Waals surface area contributed by atoms with Gasteiger partial charge in [0.25, 0.3) is 5.91 Å². The number of anilines is 1. The molecule has 1 unspecified atom stereocenters. The fourth-order valence-corrected chi connectivity index (χ4v) is 5.82. The molecule has 7 nitrogen and oxygen atoms in total. The van der Waals surface area contributed by atoms with Crippen molar-refractivity contribution in [3.8, 4) is 11.3 Å². The van der Waals surface area contributed by atoms with E-state index in [1.165, 1.54) is 17.8 Å². The van der Waals surface area contributed by atoms with E-state index in [9.17, 15) is 9.18 Å². The van der Waals surface area contributed by atoms with Crippen LogP contribution in [0.2, 0.25) is 0 Å². The fraction of sp³-hybridized carbons (Fsp3) is 0.333. The first-order chi connectivity index (χ1) is 16.0. The summed E-state index contributed by atoms with van der Waals surface area (Å²) in [6.45, 7) is 0.533. The summed E-state index contributed by atoms with van der Waals surface area (Å²) in [7, 11) is 1.80. The van der Waals surface area contributed by atoms with E-state index in [2.05, 4.69) is 9.88 Å². The average Bonchev–Trinajstić information content (AvgIpc) is 3.51.